The van der Waals surface area contributed by atoms with Crippen LogP contribution < -0.4 is 16.0 Å². The van der Waals surface area contributed by atoms with Gasteiger partial charge in [0.05, 0.1) is 5.25 Å². The standard InChI is InChI=1S/C18H22FN3O2S/c19-14-4-2-1-3-13(14)9-16-18(24)22-15(11-25-16)17(23)21-10-12-5-7-20-8-6-12/h1-5,15-16,20H,6-11H2,(H,21,23)(H,22,24). The molecule has 25 heavy (non-hydrogen) atoms. The van der Waals surface area contributed by atoms with E-state index < -0.39 is 6.04 Å². The lowest BCUT2D eigenvalue weighted by atomic mass is 10.1. The average molecular weight is 363 g/mol. The molecule has 1 aromatic carbocycles. The molecule has 1 fully saturated rings. The summed E-state index contributed by atoms with van der Waals surface area (Å²) in [6.07, 6.45) is 3.34. The Balaban J connectivity index is 1.49. The van der Waals surface area contributed by atoms with Crippen molar-refractivity contribution in [1.29, 1.82) is 0 Å². The topological polar surface area (TPSA) is 70.2 Å². The predicted molar refractivity (Wildman–Crippen MR) is 96.9 cm³/mol. The second-order valence-corrected chi connectivity index (χ2v) is 7.45. The fraction of sp³-hybridized carbons (Fsp3) is 0.444. The highest BCUT2D eigenvalue weighted by Gasteiger charge is 2.32. The van der Waals surface area contributed by atoms with E-state index in [1.807, 2.05) is 0 Å². The number of thioether (sulfide) groups is 1. The summed E-state index contributed by atoms with van der Waals surface area (Å²) >= 11 is 1.41. The average Bonchev–Trinajstić information content (AvgIpc) is 2.64. The van der Waals surface area contributed by atoms with E-state index in [0.717, 1.165) is 19.5 Å². The van der Waals surface area contributed by atoms with Gasteiger partial charge in [0.2, 0.25) is 11.8 Å². The summed E-state index contributed by atoms with van der Waals surface area (Å²) in [5.41, 5.74) is 1.73. The van der Waals surface area contributed by atoms with E-state index in [0.29, 0.717) is 24.3 Å². The normalized spacial score (nSPS) is 23.6. The molecule has 3 rings (SSSR count). The molecule has 2 atom stereocenters. The Hall–Kier alpha value is -1.86. The molecule has 1 saturated heterocycles. The summed E-state index contributed by atoms with van der Waals surface area (Å²) in [7, 11) is 0. The number of hydrogen-bond donors (Lipinski definition) is 3. The van der Waals surface area contributed by atoms with Gasteiger partial charge in [0.1, 0.15) is 11.9 Å². The minimum atomic E-state index is -0.531. The van der Waals surface area contributed by atoms with E-state index in [4.69, 9.17) is 0 Å². The lowest BCUT2D eigenvalue weighted by molar-refractivity contribution is -0.128. The van der Waals surface area contributed by atoms with Crippen LogP contribution in [0.2, 0.25) is 0 Å². The number of halogens is 1. The highest BCUT2D eigenvalue weighted by Crippen LogP contribution is 2.23. The Morgan fingerprint density at radius 1 is 1.36 bits per heavy atom. The van der Waals surface area contributed by atoms with Crippen molar-refractivity contribution in [2.24, 2.45) is 0 Å². The molecule has 0 saturated carbocycles. The highest BCUT2D eigenvalue weighted by atomic mass is 32.2. The minimum absolute atomic E-state index is 0.162. The molecule has 2 aliphatic rings. The maximum atomic E-state index is 13.7. The molecule has 0 radical (unpaired) electrons. The first kappa shape index (κ1) is 17.9. The summed E-state index contributed by atoms with van der Waals surface area (Å²) in [6, 6.07) is 5.94. The van der Waals surface area contributed by atoms with Gasteiger partial charge in [-0.2, -0.15) is 0 Å². The molecular weight excluding hydrogens is 341 g/mol. The van der Waals surface area contributed by atoms with Crippen LogP contribution in [-0.2, 0) is 16.0 Å². The Morgan fingerprint density at radius 2 is 2.20 bits per heavy atom. The van der Waals surface area contributed by atoms with Crippen LogP contribution in [0.3, 0.4) is 0 Å². The van der Waals surface area contributed by atoms with Gasteiger partial charge in [-0.15, -0.1) is 11.8 Å². The van der Waals surface area contributed by atoms with Crippen LogP contribution in [0.15, 0.2) is 35.9 Å². The van der Waals surface area contributed by atoms with Crippen molar-refractivity contribution in [1.82, 2.24) is 16.0 Å². The van der Waals surface area contributed by atoms with E-state index in [1.54, 1.807) is 18.2 Å². The monoisotopic (exact) mass is 363 g/mol. The second-order valence-electron chi connectivity index (χ2n) is 6.21. The molecule has 2 amide bonds. The van der Waals surface area contributed by atoms with Crippen molar-refractivity contribution in [2.45, 2.75) is 24.1 Å². The van der Waals surface area contributed by atoms with Crippen molar-refractivity contribution in [2.75, 3.05) is 25.4 Å². The zero-order valence-electron chi connectivity index (χ0n) is 13.9. The van der Waals surface area contributed by atoms with E-state index in [1.165, 1.54) is 23.4 Å². The quantitative estimate of drug-likeness (QED) is 0.683. The van der Waals surface area contributed by atoms with Crippen molar-refractivity contribution < 1.29 is 14.0 Å². The molecule has 1 aromatic rings. The van der Waals surface area contributed by atoms with Crippen LogP contribution in [0.1, 0.15) is 12.0 Å². The van der Waals surface area contributed by atoms with Gasteiger partial charge in [0, 0.05) is 18.8 Å². The molecule has 3 N–H and O–H groups in total. The molecule has 5 nitrogen and oxygen atoms in total. The number of carbonyl (C=O) groups excluding carboxylic acids is 2. The van der Waals surface area contributed by atoms with Crippen LogP contribution in [0.4, 0.5) is 4.39 Å². The first-order valence-corrected chi connectivity index (χ1v) is 9.50. The number of hydrogen-bond acceptors (Lipinski definition) is 4. The van der Waals surface area contributed by atoms with Crippen molar-refractivity contribution in [3.8, 4) is 0 Å². The van der Waals surface area contributed by atoms with Gasteiger partial charge < -0.3 is 16.0 Å². The lowest BCUT2D eigenvalue weighted by Crippen LogP contribution is -2.54. The smallest absolute Gasteiger partial charge is 0.243 e. The predicted octanol–water partition coefficient (Wildman–Crippen LogP) is 1.00. The van der Waals surface area contributed by atoms with Crippen molar-refractivity contribution in [3.63, 3.8) is 0 Å². The third-order valence-electron chi connectivity index (χ3n) is 4.40. The van der Waals surface area contributed by atoms with E-state index in [9.17, 15) is 14.0 Å². The van der Waals surface area contributed by atoms with Gasteiger partial charge in [-0.25, -0.2) is 4.39 Å². The number of nitrogens with one attached hydrogen (secondary N) is 3. The van der Waals surface area contributed by atoms with Gasteiger partial charge in [0.15, 0.2) is 0 Å². The summed E-state index contributed by atoms with van der Waals surface area (Å²) in [4.78, 5) is 24.5. The van der Waals surface area contributed by atoms with Crippen LogP contribution >= 0.6 is 11.8 Å². The summed E-state index contributed by atoms with van der Waals surface area (Å²) in [5.74, 6) is -0.173. The fourth-order valence-electron chi connectivity index (χ4n) is 2.90. The molecule has 7 heteroatoms. The zero-order valence-corrected chi connectivity index (χ0v) is 14.7. The van der Waals surface area contributed by atoms with E-state index in [2.05, 4.69) is 22.0 Å². The molecule has 134 valence electrons. The summed E-state index contributed by atoms with van der Waals surface area (Å²) < 4.78 is 13.7. The molecule has 0 bridgehead atoms. The third kappa shape index (κ3) is 4.83. The maximum Gasteiger partial charge on any atom is 0.243 e. The van der Waals surface area contributed by atoms with Crippen LogP contribution in [0.5, 0.6) is 0 Å². The first-order valence-electron chi connectivity index (χ1n) is 8.45. The number of carbonyl (C=O) groups is 2. The third-order valence-corrected chi connectivity index (χ3v) is 5.71. The fourth-order valence-corrected chi connectivity index (χ4v) is 4.08. The van der Waals surface area contributed by atoms with Gasteiger partial charge in [-0.05, 0) is 31.0 Å². The Kier molecular flexibility index (Phi) is 6.09. The minimum Gasteiger partial charge on any atom is -0.351 e. The summed E-state index contributed by atoms with van der Waals surface area (Å²) in [5, 5.41) is 8.52. The number of amides is 2. The number of rotatable bonds is 5. The molecule has 2 aliphatic heterocycles. The van der Waals surface area contributed by atoms with E-state index in [-0.39, 0.29) is 22.9 Å². The molecular formula is C18H22FN3O2S. The first-order chi connectivity index (χ1) is 12.1. The van der Waals surface area contributed by atoms with Gasteiger partial charge >= 0.3 is 0 Å². The second kappa shape index (κ2) is 8.49. The molecule has 0 spiro atoms. The van der Waals surface area contributed by atoms with E-state index >= 15 is 0 Å². The Labute approximate surface area is 150 Å². The zero-order chi connectivity index (χ0) is 17.6. The van der Waals surface area contributed by atoms with Crippen LogP contribution in [-0.4, -0.2) is 48.5 Å². The molecule has 0 aliphatic carbocycles. The van der Waals surface area contributed by atoms with Gasteiger partial charge in [-0.1, -0.05) is 29.8 Å². The molecule has 2 unspecified atom stereocenters. The Morgan fingerprint density at radius 3 is 2.92 bits per heavy atom. The Bertz CT molecular complexity index is 680. The van der Waals surface area contributed by atoms with Gasteiger partial charge in [0.25, 0.3) is 0 Å². The van der Waals surface area contributed by atoms with Crippen molar-refractivity contribution in [3.05, 3.63) is 47.3 Å². The van der Waals surface area contributed by atoms with Crippen LogP contribution in [0, 0.1) is 5.82 Å². The number of benzene rings is 1. The largest absolute Gasteiger partial charge is 0.351 e. The maximum absolute atomic E-state index is 13.7. The van der Waals surface area contributed by atoms with Crippen LogP contribution in [0.25, 0.3) is 0 Å². The molecule has 0 aromatic heterocycles. The lowest BCUT2D eigenvalue weighted by Gasteiger charge is -2.28. The SMILES string of the molecule is O=C(NCC1=CCNCC1)C1CSC(Cc2ccccc2F)C(=O)N1. The highest BCUT2D eigenvalue weighted by molar-refractivity contribution is 8.00. The van der Waals surface area contributed by atoms with Gasteiger partial charge in [-0.3, -0.25) is 9.59 Å². The van der Waals surface area contributed by atoms with Crippen molar-refractivity contribution >= 4 is 23.6 Å². The summed E-state index contributed by atoms with van der Waals surface area (Å²) in [6.45, 7) is 2.28. The molecule has 2 heterocycles.